The first-order valence-corrected chi connectivity index (χ1v) is 7.40. The molecule has 0 aliphatic heterocycles. The highest BCUT2D eigenvalue weighted by molar-refractivity contribution is 5.94. The monoisotopic (exact) mass is 340 g/mol. The van der Waals surface area contributed by atoms with Crippen LogP contribution in [0.2, 0.25) is 0 Å². The van der Waals surface area contributed by atoms with Crippen LogP contribution in [0, 0.1) is 17.0 Å². The van der Waals surface area contributed by atoms with Gasteiger partial charge in [0.05, 0.1) is 4.92 Å². The molecule has 0 radical (unpaired) electrons. The van der Waals surface area contributed by atoms with Gasteiger partial charge in [0, 0.05) is 23.9 Å². The Balaban J connectivity index is 1.82. The summed E-state index contributed by atoms with van der Waals surface area (Å²) in [6.07, 6.45) is 2.87. The van der Waals surface area contributed by atoms with Crippen LogP contribution in [0.25, 0.3) is 6.08 Å². The fourth-order valence-corrected chi connectivity index (χ4v) is 1.98. The molecule has 0 aliphatic rings. The first-order chi connectivity index (χ1) is 12.0. The van der Waals surface area contributed by atoms with Gasteiger partial charge in [0.2, 0.25) is 0 Å². The standard InChI is InChI=1S/C18H16N2O5/c1-13-4-2-3-5-14(13)6-11-18(22)25-12-17(21)19-15-7-9-16(10-8-15)20(23)24/h2-11H,12H2,1H3,(H,19,21)/b11-6+. The number of non-ortho nitro benzene ring substituents is 1. The van der Waals surface area contributed by atoms with Crippen molar-refractivity contribution < 1.29 is 19.2 Å². The van der Waals surface area contributed by atoms with E-state index in [0.29, 0.717) is 5.69 Å². The van der Waals surface area contributed by atoms with Crippen molar-refractivity contribution in [1.82, 2.24) is 0 Å². The Kier molecular flexibility index (Phi) is 6.00. The summed E-state index contributed by atoms with van der Waals surface area (Å²) >= 11 is 0. The molecule has 0 fully saturated rings. The molecular formula is C18H16N2O5. The van der Waals surface area contributed by atoms with Crippen LogP contribution in [0.4, 0.5) is 11.4 Å². The van der Waals surface area contributed by atoms with E-state index in [2.05, 4.69) is 5.32 Å². The van der Waals surface area contributed by atoms with Crippen LogP contribution < -0.4 is 5.32 Å². The lowest BCUT2D eigenvalue weighted by Crippen LogP contribution is -2.20. The zero-order valence-corrected chi connectivity index (χ0v) is 13.5. The number of ether oxygens (including phenoxy) is 1. The molecule has 2 rings (SSSR count). The minimum atomic E-state index is -0.637. The number of esters is 1. The summed E-state index contributed by atoms with van der Waals surface area (Å²) in [4.78, 5) is 33.4. The van der Waals surface area contributed by atoms with Crippen molar-refractivity contribution in [3.63, 3.8) is 0 Å². The topological polar surface area (TPSA) is 98.5 Å². The Bertz CT molecular complexity index is 812. The number of carbonyl (C=O) groups excluding carboxylic acids is 2. The molecule has 1 amide bonds. The molecule has 2 aromatic carbocycles. The second kappa shape index (κ2) is 8.39. The van der Waals surface area contributed by atoms with Gasteiger partial charge in [0.1, 0.15) is 0 Å². The average molecular weight is 340 g/mol. The predicted molar refractivity (Wildman–Crippen MR) is 92.9 cm³/mol. The largest absolute Gasteiger partial charge is 0.452 e. The number of rotatable bonds is 6. The number of aryl methyl sites for hydroxylation is 1. The minimum absolute atomic E-state index is 0.0780. The van der Waals surface area contributed by atoms with E-state index in [4.69, 9.17) is 4.74 Å². The van der Waals surface area contributed by atoms with Gasteiger partial charge >= 0.3 is 5.97 Å². The molecule has 7 nitrogen and oxygen atoms in total. The maximum Gasteiger partial charge on any atom is 0.331 e. The van der Waals surface area contributed by atoms with Gasteiger partial charge in [-0.25, -0.2) is 4.79 Å². The van der Waals surface area contributed by atoms with Crippen molar-refractivity contribution in [2.75, 3.05) is 11.9 Å². The summed E-state index contributed by atoms with van der Waals surface area (Å²) in [5.74, 6) is -1.17. The quantitative estimate of drug-likeness (QED) is 0.377. The van der Waals surface area contributed by atoms with Crippen molar-refractivity contribution >= 4 is 29.3 Å². The lowest BCUT2D eigenvalue weighted by Gasteiger charge is -2.05. The van der Waals surface area contributed by atoms with E-state index in [-0.39, 0.29) is 5.69 Å². The van der Waals surface area contributed by atoms with Gasteiger partial charge < -0.3 is 10.1 Å². The van der Waals surface area contributed by atoms with Crippen LogP contribution in [0.3, 0.4) is 0 Å². The SMILES string of the molecule is Cc1ccccc1/C=C/C(=O)OCC(=O)Nc1ccc([N+](=O)[O-])cc1. The number of nitrogens with zero attached hydrogens (tertiary/aromatic N) is 1. The van der Waals surface area contributed by atoms with Crippen LogP contribution in [-0.4, -0.2) is 23.4 Å². The van der Waals surface area contributed by atoms with Crippen LogP contribution in [0.5, 0.6) is 0 Å². The Hall–Kier alpha value is -3.48. The van der Waals surface area contributed by atoms with E-state index in [1.807, 2.05) is 31.2 Å². The summed E-state index contributed by atoms with van der Waals surface area (Å²) in [5, 5.41) is 13.0. The Morgan fingerprint density at radius 2 is 1.84 bits per heavy atom. The van der Waals surface area contributed by atoms with Gasteiger partial charge in [-0.1, -0.05) is 24.3 Å². The first kappa shape index (κ1) is 17.9. The Morgan fingerprint density at radius 3 is 2.48 bits per heavy atom. The van der Waals surface area contributed by atoms with Gasteiger partial charge in [-0.05, 0) is 36.3 Å². The van der Waals surface area contributed by atoms with Crippen LogP contribution in [0.15, 0.2) is 54.6 Å². The lowest BCUT2D eigenvalue weighted by atomic mass is 10.1. The van der Waals surface area contributed by atoms with E-state index < -0.39 is 23.4 Å². The van der Waals surface area contributed by atoms with Crippen molar-refractivity contribution in [2.24, 2.45) is 0 Å². The van der Waals surface area contributed by atoms with Crippen molar-refractivity contribution in [2.45, 2.75) is 6.92 Å². The number of nitrogens with one attached hydrogen (secondary N) is 1. The van der Waals surface area contributed by atoms with Crippen LogP contribution in [-0.2, 0) is 14.3 Å². The van der Waals surface area contributed by atoms with E-state index in [1.165, 1.54) is 30.3 Å². The number of anilines is 1. The van der Waals surface area contributed by atoms with Gasteiger partial charge in [-0.3, -0.25) is 14.9 Å². The predicted octanol–water partition coefficient (Wildman–Crippen LogP) is 3.10. The third-order valence-electron chi connectivity index (χ3n) is 3.29. The summed E-state index contributed by atoms with van der Waals surface area (Å²) in [6.45, 7) is 1.47. The van der Waals surface area contributed by atoms with E-state index in [1.54, 1.807) is 6.08 Å². The summed E-state index contributed by atoms with van der Waals surface area (Å²) in [6, 6.07) is 12.9. The van der Waals surface area contributed by atoms with Crippen molar-refractivity contribution in [1.29, 1.82) is 0 Å². The zero-order valence-electron chi connectivity index (χ0n) is 13.5. The molecule has 7 heteroatoms. The van der Waals surface area contributed by atoms with Crippen molar-refractivity contribution in [3.05, 3.63) is 75.8 Å². The number of benzene rings is 2. The van der Waals surface area contributed by atoms with Crippen LogP contribution >= 0.6 is 0 Å². The molecule has 0 aromatic heterocycles. The number of amides is 1. The second-order valence-corrected chi connectivity index (χ2v) is 5.15. The lowest BCUT2D eigenvalue weighted by molar-refractivity contribution is -0.384. The molecule has 1 N–H and O–H groups in total. The first-order valence-electron chi connectivity index (χ1n) is 7.40. The Labute approximate surface area is 144 Å². The number of nitro benzene ring substituents is 1. The minimum Gasteiger partial charge on any atom is -0.452 e. The molecule has 25 heavy (non-hydrogen) atoms. The van der Waals surface area contributed by atoms with E-state index >= 15 is 0 Å². The molecule has 0 saturated heterocycles. The molecule has 0 spiro atoms. The fraction of sp³-hybridized carbons (Fsp3) is 0.111. The zero-order chi connectivity index (χ0) is 18.2. The van der Waals surface area contributed by atoms with E-state index in [0.717, 1.165) is 11.1 Å². The van der Waals surface area contributed by atoms with Gasteiger partial charge in [0.15, 0.2) is 6.61 Å². The van der Waals surface area contributed by atoms with Crippen LogP contribution in [0.1, 0.15) is 11.1 Å². The maximum absolute atomic E-state index is 11.7. The van der Waals surface area contributed by atoms with Gasteiger partial charge in [-0.15, -0.1) is 0 Å². The second-order valence-electron chi connectivity index (χ2n) is 5.15. The molecule has 0 atom stereocenters. The molecule has 0 aliphatic carbocycles. The molecule has 0 bridgehead atoms. The normalized spacial score (nSPS) is 10.4. The molecular weight excluding hydrogens is 324 g/mol. The van der Waals surface area contributed by atoms with Gasteiger partial charge in [0.25, 0.3) is 11.6 Å². The Morgan fingerprint density at radius 1 is 1.16 bits per heavy atom. The third-order valence-corrected chi connectivity index (χ3v) is 3.29. The van der Waals surface area contributed by atoms with Crippen molar-refractivity contribution in [3.8, 4) is 0 Å². The number of hydrogen-bond acceptors (Lipinski definition) is 5. The summed E-state index contributed by atoms with van der Waals surface area (Å²) in [5.41, 5.74) is 2.20. The molecule has 0 unspecified atom stereocenters. The highest BCUT2D eigenvalue weighted by Gasteiger charge is 2.08. The number of nitro groups is 1. The number of carbonyl (C=O) groups is 2. The maximum atomic E-state index is 11.7. The van der Waals surface area contributed by atoms with Gasteiger partial charge in [-0.2, -0.15) is 0 Å². The highest BCUT2D eigenvalue weighted by atomic mass is 16.6. The molecule has 0 saturated carbocycles. The molecule has 0 heterocycles. The average Bonchev–Trinajstić information content (AvgIpc) is 2.59. The number of hydrogen-bond donors (Lipinski definition) is 1. The molecule has 128 valence electrons. The smallest absolute Gasteiger partial charge is 0.331 e. The summed E-state index contributed by atoms with van der Waals surface area (Å²) < 4.78 is 4.85. The third kappa shape index (κ3) is 5.58. The highest BCUT2D eigenvalue weighted by Crippen LogP contribution is 2.15. The van der Waals surface area contributed by atoms with E-state index in [9.17, 15) is 19.7 Å². The molecule has 2 aromatic rings. The fourth-order valence-electron chi connectivity index (χ4n) is 1.98. The summed E-state index contributed by atoms with van der Waals surface area (Å²) in [7, 11) is 0.